The summed E-state index contributed by atoms with van der Waals surface area (Å²) in [5.74, 6) is 0. The molecule has 0 aliphatic heterocycles. The first-order valence-corrected chi connectivity index (χ1v) is 3.46. The van der Waals surface area contributed by atoms with Crippen LogP contribution in [0.5, 0.6) is 0 Å². The first kappa shape index (κ1) is 6.78. The van der Waals surface area contributed by atoms with Crippen LogP contribution in [0.4, 0.5) is 0 Å². The lowest BCUT2D eigenvalue weighted by molar-refractivity contribution is 0.684. The van der Waals surface area contributed by atoms with Gasteiger partial charge in [0, 0.05) is 19.6 Å². The Morgan fingerprint density at radius 1 is 1.56 bits per heavy atom. The van der Waals surface area contributed by atoms with E-state index in [-0.39, 0.29) is 0 Å². The molecule has 0 amide bonds. The Hall–Kier alpha value is -0.340. The Morgan fingerprint density at radius 2 is 2.33 bits per heavy atom. The van der Waals surface area contributed by atoms with Crippen LogP contribution in [-0.2, 0) is 0 Å². The van der Waals surface area contributed by atoms with Crippen LogP contribution in [0.3, 0.4) is 0 Å². The van der Waals surface area contributed by atoms with Crippen LogP contribution < -0.4 is 10.6 Å². The van der Waals surface area contributed by atoms with Crippen molar-refractivity contribution in [3.8, 4) is 0 Å². The fraction of sp³-hybridized carbons (Fsp3) is 0.714. The van der Waals surface area contributed by atoms with E-state index in [4.69, 9.17) is 0 Å². The van der Waals surface area contributed by atoms with Gasteiger partial charge in [-0.15, -0.1) is 0 Å². The molecule has 52 valence electrons. The number of rotatable bonds is 5. The maximum absolute atomic E-state index is 3.32. The van der Waals surface area contributed by atoms with Crippen molar-refractivity contribution in [1.29, 1.82) is 0 Å². The third-order valence-electron chi connectivity index (χ3n) is 1.40. The van der Waals surface area contributed by atoms with Gasteiger partial charge in [-0.1, -0.05) is 11.6 Å². The molecule has 0 heterocycles. The number of likely N-dealkylation sites (N-methyl/N-ethyl adjacent to an activating group) is 1. The molecule has 2 N–H and O–H groups in total. The number of allylic oxidation sites excluding steroid dienone is 1. The van der Waals surface area contributed by atoms with Gasteiger partial charge in [-0.2, -0.15) is 0 Å². The molecule has 0 bridgehead atoms. The van der Waals surface area contributed by atoms with Crippen LogP contribution >= 0.6 is 0 Å². The molecule has 2 nitrogen and oxygen atoms in total. The second-order valence-corrected chi connectivity index (χ2v) is 2.35. The molecule has 0 atom stereocenters. The van der Waals surface area contributed by atoms with Gasteiger partial charge in [-0.05, 0) is 13.5 Å². The molecule has 0 fully saturated rings. The second kappa shape index (κ2) is 3.64. The first-order valence-electron chi connectivity index (χ1n) is 3.46. The van der Waals surface area contributed by atoms with Crippen molar-refractivity contribution in [2.75, 3.05) is 26.7 Å². The maximum atomic E-state index is 3.32. The summed E-state index contributed by atoms with van der Waals surface area (Å²) >= 11 is 0. The van der Waals surface area contributed by atoms with Crippen molar-refractivity contribution in [3.63, 3.8) is 0 Å². The molecule has 0 unspecified atom stereocenters. The van der Waals surface area contributed by atoms with E-state index in [9.17, 15) is 0 Å². The lowest BCUT2D eigenvalue weighted by Crippen LogP contribution is -2.25. The van der Waals surface area contributed by atoms with Gasteiger partial charge in [0.1, 0.15) is 0 Å². The smallest absolute Gasteiger partial charge is 0.0168 e. The van der Waals surface area contributed by atoms with E-state index in [1.54, 1.807) is 5.57 Å². The summed E-state index contributed by atoms with van der Waals surface area (Å²) in [7, 11) is 1.97. The van der Waals surface area contributed by atoms with E-state index in [1.165, 1.54) is 6.42 Å². The Labute approximate surface area is 56.3 Å². The van der Waals surface area contributed by atoms with E-state index < -0.39 is 0 Å². The average Bonchev–Trinajstić information content (AvgIpc) is 2.63. The summed E-state index contributed by atoms with van der Waals surface area (Å²) in [6.07, 6.45) is 3.50. The normalized spacial score (nSPS) is 15.4. The molecule has 0 radical (unpaired) electrons. The van der Waals surface area contributed by atoms with Gasteiger partial charge < -0.3 is 10.6 Å². The molecule has 9 heavy (non-hydrogen) atoms. The van der Waals surface area contributed by atoms with Crippen molar-refractivity contribution in [3.05, 3.63) is 11.6 Å². The summed E-state index contributed by atoms with van der Waals surface area (Å²) in [6.45, 7) is 3.24. The Morgan fingerprint density at radius 3 is 2.89 bits per heavy atom. The van der Waals surface area contributed by atoms with Gasteiger partial charge in [-0.25, -0.2) is 0 Å². The van der Waals surface area contributed by atoms with Crippen LogP contribution in [0.15, 0.2) is 11.6 Å². The monoisotopic (exact) mass is 126 g/mol. The zero-order valence-corrected chi connectivity index (χ0v) is 5.91. The summed E-state index contributed by atoms with van der Waals surface area (Å²) in [4.78, 5) is 0. The van der Waals surface area contributed by atoms with Crippen LogP contribution in [-0.4, -0.2) is 26.7 Å². The molecular weight excluding hydrogens is 112 g/mol. The van der Waals surface area contributed by atoms with Crippen LogP contribution in [0.2, 0.25) is 0 Å². The van der Waals surface area contributed by atoms with Crippen LogP contribution in [0.1, 0.15) is 6.42 Å². The minimum absolute atomic E-state index is 1.06. The minimum Gasteiger partial charge on any atom is -0.318 e. The highest BCUT2D eigenvalue weighted by molar-refractivity contribution is 5.22. The molecule has 1 aliphatic carbocycles. The van der Waals surface area contributed by atoms with Crippen molar-refractivity contribution in [2.45, 2.75) is 6.42 Å². The van der Waals surface area contributed by atoms with Gasteiger partial charge in [0.15, 0.2) is 0 Å². The van der Waals surface area contributed by atoms with Gasteiger partial charge in [0.25, 0.3) is 0 Å². The zero-order chi connectivity index (χ0) is 6.53. The molecule has 0 saturated heterocycles. The predicted octanol–water partition coefficient (Wildman–Crippen LogP) is 0.125. The largest absolute Gasteiger partial charge is 0.318 e. The lowest BCUT2D eigenvalue weighted by atomic mass is 10.5. The molecular formula is C7H14N2. The molecule has 1 rings (SSSR count). The van der Waals surface area contributed by atoms with Crippen molar-refractivity contribution >= 4 is 0 Å². The molecule has 0 aromatic rings. The molecule has 2 heteroatoms. The third-order valence-corrected chi connectivity index (χ3v) is 1.40. The van der Waals surface area contributed by atoms with Crippen molar-refractivity contribution in [2.24, 2.45) is 0 Å². The standard InChI is InChI=1S/C7H14N2/c1-8-4-5-9-6-7-2-3-7/h2,8-9H,3-6H2,1H3. The number of hydrogen-bond donors (Lipinski definition) is 2. The molecule has 0 spiro atoms. The van der Waals surface area contributed by atoms with E-state index >= 15 is 0 Å². The van der Waals surface area contributed by atoms with Gasteiger partial charge in [0.2, 0.25) is 0 Å². The Balaban J connectivity index is 1.76. The quantitative estimate of drug-likeness (QED) is 0.404. The maximum Gasteiger partial charge on any atom is 0.0168 e. The highest BCUT2D eigenvalue weighted by Crippen LogP contribution is 2.15. The SMILES string of the molecule is CNCCNCC1=CC1. The average molecular weight is 126 g/mol. The van der Waals surface area contributed by atoms with Gasteiger partial charge in [-0.3, -0.25) is 0 Å². The zero-order valence-electron chi connectivity index (χ0n) is 5.91. The Kier molecular flexibility index (Phi) is 2.74. The fourth-order valence-corrected chi connectivity index (χ4v) is 0.679. The molecule has 0 aromatic carbocycles. The van der Waals surface area contributed by atoms with Crippen molar-refractivity contribution < 1.29 is 0 Å². The highest BCUT2D eigenvalue weighted by Gasteiger charge is 2.04. The molecule has 0 aromatic heterocycles. The molecule has 1 aliphatic rings. The summed E-state index contributed by atoms with van der Waals surface area (Å²) in [5.41, 5.74) is 1.56. The second-order valence-electron chi connectivity index (χ2n) is 2.35. The van der Waals surface area contributed by atoms with E-state index in [0.29, 0.717) is 0 Å². The van der Waals surface area contributed by atoms with Crippen molar-refractivity contribution in [1.82, 2.24) is 10.6 Å². The molecule has 0 saturated carbocycles. The summed E-state index contributed by atoms with van der Waals surface area (Å²) in [6, 6.07) is 0. The first-order chi connectivity index (χ1) is 4.43. The van der Waals surface area contributed by atoms with Crippen LogP contribution in [0.25, 0.3) is 0 Å². The van der Waals surface area contributed by atoms with Gasteiger partial charge >= 0.3 is 0 Å². The Bertz CT molecular complexity index is 107. The lowest BCUT2D eigenvalue weighted by Gasteiger charge is -1.99. The van der Waals surface area contributed by atoms with E-state index in [2.05, 4.69) is 16.7 Å². The van der Waals surface area contributed by atoms with E-state index in [1.807, 2.05) is 7.05 Å². The summed E-state index contributed by atoms with van der Waals surface area (Å²) < 4.78 is 0. The number of nitrogens with one attached hydrogen (secondary N) is 2. The topological polar surface area (TPSA) is 24.1 Å². The highest BCUT2D eigenvalue weighted by atomic mass is 14.9. The minimum atomic E-state index is 1.06. The van der Waals surface area contributed by atoms with Crippen LogP contribution in [0, 0.1) is 0 Å². The number of hydrogen-bond acceptors (Lipinski definition) is 2. The van der Waals surface area contributed by atoms with Gasteiger partial charge in [0.05, 0.1) is 0 Å². The van der Waals surface area contributed by atoms with E-state index in [0.717, 1.165) is 19.6 Å². The fourth-order valence-electron chi connectivity index (χ4n) is 0.679. The summed E-state index contributed by atoms with van der Waals surface area (Å²) in [5, 5.41) is 6.40. The predicted molar refractivity (Wildman–Crippen MR) is 39.5 cm³/mol. The third kappa shape index (κ3) is 3.27.